The van der Waals surface area contributed by atoms with Crippen LogP contribution in [-0.4, -0.2) is 36.0 Å². The van der Waals surface area contributed by atoms with Crippen LogP contribution in [-0.2, 0) is 4.74 Å². The van der Waals surface area contributed by atoms with Gasteiger partial charge in [-0.15, -0.1) is 0 Å². The summed E-state index contributed by atoms with van der Waals surface area (Å²) in [6.45, 7) is 7.60. The van der Waals surface area contributed by atoms with E-state index in [1.165, 1.54) is 12.8 Å². The molecule has 108 valence electrons. The molecule has 2 atom stereocenters. The van der Waals surface area contributed by atoms with Crippen LogP contribution in [0, 0.1) is 0 Å². The molecule has 0 bridgehead atoms. The zero-order valence-electron chi connectivity index (χ0n) is 12.4. The van der Waals surface area contributed by atoms with Crippen LogP contribution in [0.4, 0.5) is 0 Å². The Morgan fingerprint density at radius 3 is 2.78 bits per heavy atom. The largest absolute Gasteiger partial charge is 0.394 e. The average Bonchev–Trinajstić information content (AvgIpc) is 2.34. The zero-order chi connectivity index (χ0) is 13.4. The molecular weight excluding hydrogens is 226 g/mol. The van der Waals surface area contributed by atoms with E-state index in [2.05, 4.69) is 26.1 Å². The van der Waals surface area contributed by atoms with Gasteiger partial charge in [0.2, 0.25) is 0 Å². The van der Waals surface area contributed by atoms with Crippen molar-refractivity contribution in [3.63, 3.8) is 0 Å². The van der Waals surface area contributed by atoms with Crippen molar-refractivity contribution in [2.45, 2.75) is 83.4 Å². The first-order valence-electron chi connectivity index (χ1n) is 7.62. The van der Waals surface area contributed by atoms with Crippen molar-refractivity contribution in [3.05, 3.63) is 0 Å². The first kappa shape index (κ1) is 15.9. The highest BCUT2D eigenvalue weighted by Crippen LogP contribution is 2.30. The summed E-state index contributed by atoms with van der Waals surface area (Å²) in [6.07, 6.45) is 8.30. The van der Waals surface area contributed by atoms with Crippen molar-refractivity contribution in [1.29, 1.82) is 0 Å². The van der Waals surface area contributed by atoms with E-state index in [1.807, 2.05) is 0 Å². The van der Waals surface area contributed by atoms with Gasteiger partial charge in [-0.3, -0.25) is 0 Å². The van der Waals surface area contributed by atoms with Gasteiger partial charge in [0.1, 0.15) is 0 Å². The number of nitrogens with one attached hydrogen (secondary N) is 1. The van der Waals surface area contributed by atoms with E-state index in [-0.39, 0.29) is 12.1 Å². The Labute approximate surface area is 112 Å². The highest BCUT2D eigenvalue weighted by Gasteiger charge is 2.36. The smallest absolute Gasteiger partial charge is 0.0614 e. The second-order valence-electron chi connectivity index (χ2n) is 6.03. The molecule has 0 aromatic heterocycles. The minimum Gasteiger partial charge on any atom is -0.394 e. The lowest BCUT2D eigenvalue weighted by Crippen LogP contribution is -2.55. The van der Waals surface area contributed by atoms with Gasteiger partial charge in [0.05, 0.1) is 12.7 Å². The monoisotopic (exact) mass is 257 g/mol. The average molecular weight is 257 g/mol. The number of ether oxygens (including phenoxy) is 1. The van der Waals surface area contributed by atoms with E-state index in [9.17, 15) is 5.11 Å². The van der Waals surface area contributed by atoms with Crippen LogP contribution in [0.5, 0.6) is 0 Å². The molecule has 1 rings (SSSR count). The fourth-order valence-electron chi connectivity index (χ4n) is 2.99. The van der Waals surface area contributed by atoms with E-state index in [0.717, 1.165) is 38.7 Å². The van der Waals surface area contributed by atoms with E-state index in [1.54, 1.807) is 0 Å². The second-order valence-corrected chi connectivity index (χ2v) is 6.03. The lowest BCUT2D eigenvalue weighted by molar-refractivity contribution is -0.0190. The third kappa shape index (κ3) is 5.25. The van der Waals surface area contributed by atoms with Crippen molar-refractivity contribution >= 4 is 0 Å². The molecule has 0 aliphatic heterocycles. The van der Waals surface area contributed by atoms with Gasteiger partial charge in [0.25, 0.3) is 0 Å². The van der Waals surface area contributed by atoms with Crippen LogP contribution in [0.3, 0.4) is 0 Å². The molecule has 0 heterocycles. The molecule has 3 heteroatoms. The molecule has 1 saturated carbocycles. The summed E-state index contributed by atoms with van der Waals surface area (Å²) >= 11 is 0. The topological polar surface area (TPSA) is 41.5 Å². The van der Waals surface area contributed by atoms with Crippen LogP contribution in [0.25, 0.3) is 0 Å². The molecule has 1 aliphatic rings. The van der Waals surface area contributed by atoms with Crippen molar-refractivity contribution in [2.75, 3.05) is 13.2 Å². The molecule has 0 spiro atoms. The van der Waals surface area contributed by atoms with Crippen molar-refractivity contribution in [2.24, 2.45) is 0 Å². The number of unbranched alkanes of at least 4 members (excludes halogenated alkanes) is 2. The summed E-state index contributed by atoms with van der Waals surface area (Å²) in [6, 6.07) is 0.413. The zero-order valence-corrected chi connectivity index (χ0v) is 12.4. The Morgan fingerprint density at radius 1 is 1.39 bits per heavy atom. The number of hydrogen-bond acceptors (Lipinski definition) is 3. The van der Waals surface area contributed by atoms with Gasteiger partial charge in [-0.1, -0.05) is 33.6 Å². The molecular formula is C15H31NO2. The first-order valence-corrected chi connectivity index (χ1v) is 7.62. The standard InChI is InChI=1S/C15H31NO2/c1-4-5-6-10-18-14-8-7-9-15(11-14,12-17)16-13(2)3/h13-14,16-17H,4-12H2,1-3H3. The minimum absolute atomic E-state index is 0.109. The molecule has 0 amide bonds. The highest BCUT2D eigenvalue weighted by atomic mass is 16.5. The van der Waals surface area contributed by atoms with Crippen LogP contribution in [0.2, 0.25) is 0 Å². The van der Waals surface area contributed by atoms with Gasteiger partial charge in [-0.25, -0.2) is 0 Å². The Morgan fingerprint density at radius 2 is 2.17 bits per heavy atom. The van der Waals surface area contributed by atoms with Gasteiger partial charge in [0.15, 0.2) is 0 Å². The Hall–Kier alpha value is -0.120. The third-order valence-electron chi connectivity index (χ3n) is 3.80. The van der Waals surface area contributed by atoms with Crippen molar-refractivity contribution < 1.29 is 9.84 Å². The van der Waals surface area contributed by atoms with Gasteiger partial charge >= 0.3 is 0 Å². The maximum Gasteiger partial charge on any atom is 0.0614 e. The summed E-state index contributed by atoms with van der Waals surface area (Å²) in [7, 11) is 0. The molecule has 18 heavy (non-hydrogen) atoms. The predicted molar refractivity (Wildman–Crippen MR) is 75.8 cm³/mol. The maximum absolute atomic E-state index is 9.70. The molecule has 1 fully saturated rings. The quantitative estimate of drug-likeness (QED) is 0.657. The Balaban J connectivity index is 2.38. The summed E-state index contributed by atoms with van der Waals surface area (Å²) in [4.78, 5) is 0. The van der Waals surface area contributed by atoms with Gasteiger partial charge in [0, 0.05) is 18.2 Å². The summed E-state index contributed by atoms with van der Waals surface area (Å²) < 4.78 is 5.97. The molecule has 0 aromatic carbocycles. The van der Waals surface area contributed by atoms with E-state index >= 15 is 0 Å². The maximum atomic E-state index is 9.70. The van der Waals surface area contributed by atoms with Gasteiger partial charge < -0.3 is 15.2 Å². The lowest BCUT2D eigenvalue weighted by Gasteiger charge is -2.41. The van der Waals surface area contributed by atoms with Crippen molar-refractivity contribution in [3.8, 4) is 0 Å². The molecule has 2 N–H and O–H groups in total. The number of hydrogen-bond donors (Lipinski definition) is 2. The predicted octanol–water partition coefficient (Wildman–Crippen LogP) is 2.86. The minimum atomic E-state index is -0.109. The fourth-order valence-corrected chi connectivity index (χ4v) is 2.99. The SMILES string of the molecule is CCCCCOC1CCCC(CO)(NC(C)C)C1. The third-order valence-corrected chi connectivity index (χ3v) is 3.80. The number of rotatable bonds is 8. The normalized spacial score (nSPS) is 28.8. The molecule has 0 radical (unpaired) electrons. The molecule has 0 aromatic rings. The van der Waals surface area contributed by atoms with Crippen LogP contribution in [0.15, 0.2) is 0 Å². The van der Waals surface area contributed by atoms with Crippen molar-refractivity contribution in [1.82, 2.24) is 5.32 Å². The highest BCUT2D eigenvalue weighted by molar-refractivity contribution is 4.94. The van der Waals surface area contributed by atoms with Gasteiger partial charge in [-0.05, 0) is 32.1 Å². The number of aliphatic hydroxyl groups excluding tert-OH is 1. The molecule has 1 aliphatic carbocycles. The van der Waals surface area contributed by atoms with E-state index < -0.39 is 0 Å². The Bertz CT molecular complexity index is 221. The lowest BCUT2D eigenvalue weighted by atomic mass is 9.80. The van der Waals surface area contributed by atoms with Crippen LogP contribution in [0.1, 0.15) is 65.7 Å². The fraction of sp³-hybridized carbons (Fsp3) is 1.00. The van der Waals surface area contributed by atoms with E-state index in [0.29, 0.717) is 12.1 Å². The first-order chi connectivity index (χ1) is 8.62. The molecule has 3 nitrogen and oxygen atoms in total. The van der Waals surface area contributed by atoms with E-state index in [4.69, 9.17) is 4.74 Å². The summed E-state index contributed by atoms with van der Waals surface area (Å²) in [5, 5.41) is 13.2. The Kier molecular flexibility index (Phi) is 7.20. The summed E-state index contributed by atoms with van der Waals surface area (Å²) in [5.41, 5.74) is -0.109. The molecule has 2 unspecified atom stereocenters. The van der Waals surface area contributed by atoms with Gasteiger partial charge in [-0.2, -0.15) is 0 Å². The van der Waals surface area contributed by atoms with Crippen LogP contribution < -0.4 is 5.32 Å². The summed E-state index contributed by atoms with van der Waals surface area (Å²) in [5.74, 6) is 0. The number of aliphatic hydroxyl groups is 1. The molecule has 0 saturated heterocycles. The van der Waals surface area contributed by atoms with Crippen LogP contribution >= 0.6 is 0 Å². The second kappa shape index (κ2) is 8.13.